The van der Waals surface area contributed by atoms with Crippen LogP contribution in [0.3, 0.4) is 0 Å². The lowest BCUT2D eigenvalue weighted by Gasteiger charge is -2.35. The Bertz CT molecular complexity index is 578. The van der Waals surface area contributed by atoms with E-state index in [0.29, 0.717) is 45.0 Å². The van der Waals surface area contributed by atoms with Crippen LogP contribution >= 0.6 is 0 Å². The van der Waals surface area contributed by atoms with Gasteiger partial charge in [-0.15, -0.1) is 0 Å². The van der Waals surface area contributed by atoms with Gasteiger partial charge in [-0.25, -0.2) is 0 Å². The van der Waals surface area contributed by atoms with E-state index in [-0.39, 0.29) is 24.1 Å². The normalized spacial score (nSPS) is 21.9. The summed E-state index contributed by atoms with van der Waals surface area (Å²) >= 11 is 0. The predicted molar refractivity (Wildman–Crippen MR) is 80.6 cm³/mol. The molecular weight excluding hydrogens is 300 g/mol. The van der Waals surface area contributed by atoms with E-state index in [9.17, 15) is 14.4 Å². The van der Waals surface area contributed by atoms with Gasteiger partial charge in [-0.2, -0.15) is 0 Å². The van der Waals surface area contributed by atoms with Crippen molar-refractivity contribution in [2.75, 3.05) is 39.3 Å². The molecule has 23 heavy (non-hydrogen) atoms. The molecule has 8 nitrogen and oxygen atoms in total. The zero-order chi connectivity index (χ0) is 16.2. The molecule has 8 heteroatoms. The van der Waals surface area contributed by atoms with E-state index in [1.165, 1.54) is 6.26 Å². The smallest absolute Gasteiger partial charge is 0.289 e. The molecule has 0 aliphatic carbocycles. The molecule has 3 amide bonds. The van der Waals surface area contributed by atoms with E-state index in [2.05, 4.69) is 10.6 Å². The first-order chi connectivity index (χ1) is 11.1. The van der Waals surface area contributed by atoms with E-state index in [0.717, 1.165) is 0 Å². The van der Waals surface area contributed by atoms with E-state index in [4.69, 9.17) is 4.42 Å². The Balaban J connectivity index is 1.49. The molecule has 0 aromatic carbocycles. The molecule has 0 spiro atoms. The topological polar surface area (TPSA) is 94.9 Å². The summed E-state index contributed by atoms with van der Waals surface area (Å²) in [5.41, 5.74) is 0. The highest BCUT2D eigenvalue weighted by Crippen LogP contribution is 2.11. The Kier molecular flexibility index (Phi) is 4.61. The van der Waals surface area contributed by atoms with Gasteiger partial charge in [0.25, 0.3) is 5.91 Å². The number of hydrogen-bond donors (Lipinski definition) is 2. The molecule has 1 aromatic heterocycles. The molecule has 2 fully saturated rings. The first-order valence-electron chi connectivity index (χ1n) is 7.77. The third-order valence-corrected chi connectivity index (χ3v) is 4.16. The Labute approximate surface area is 133 Å². The van der Waals surface area contributed by atoms with E-state index >= 15 is 0 Å². The first-order valence-corrected chi connectivity index (χ1v) is 7.77. The fraction of sp³-hybridized carbons (Fsp3) is 0.533. The molecule has 1 aromatic rings. The van der Waals surface area contributed by atoms with Crippen molar-refractivity contribution in [2.24, 2.45) is 0 Å². The second-order valence-electron chi connectivity index (χ2n) is 5.65. The number of carbonyl (C=O) groups excluding carboxylic acids is 3. The Morgan fingerprint density at radius 2 is 1.91 bits per heavy atom. The highest BCUT2D eigenvalue weighted by molar-refractivity contribution is 5.92. The number of furan rings is 1. The maximum absolute atomic E-state index is 12.3. The van der Waals surface area contributed by atoms with Gasteiger partial charge in [0.05, 0.1) is 18.7 Å². The van der Waals surface area contributed by atoms with Gasteiger partial charge < -0.3 is 24.9 Å². The largest absolute Gasteiger partial charge is 0.459 e. The van der Waals surface area contributed by atoms with Crippen LogP contribution in [0.1, 0.15) is 17.0 Å². The summed E-state index contributed by atoms with van der Waals surface area (Å²) in [6.45, 7) is 3.15. The Morgan fingerprint density at radius 1 is 1.17 bits per heavy atom. The first kappa shape index (κ1) is 15.5. The number of carbonyl (C=O) groups is 3. The van der Waals surface area contributed by atoms with Crippen LogP contribution in [0, 0.1) is 0 Å². The fourth-order valence-electron chi connectivity index (χ4n) is 2.83. The molecule has 2 saturated heterocycles. The van der Waals surface area contributed by atoms with Crippen molar-refractivity contribution in [3.05, 3.63) is 24.2 Å². The number of nitrogens with zero attached hydrogens (tertiary/aromatic N) is 2. The average molecular weight is 320 g/mol. The number of amides is 3. The summed E-state index contributed by atoms with van der Waals surface area (Å²) < 4.78 is 5.11. The summed E-state index contributed by atoms with van der Waals surface area (Å²) in [5, 5.41) is 5.79. The van der Waals surface area contributed by atoms with Gasteiger partial charge in [0.15, 0.2) is 5.76 Å². The zero-order valence-corrected chi connectivity index (χ0v) is 12.8. The number of hydrogen-bond acceptors (Lipinski definition) is 5. The summed E-state index contributed by atoms with van der Waals surface area (Å²) in [4.78, 5) is 39.5. The molecule has 0 saturated carbocycles. The highest BCUT2D eigenvalue weighted by Gasteiger charge is 2.29. The minimum atomic E-state index is -0.459. The number of nitrogens with one attached hydrogen (secondary N) is 2. The Hall–Kier alpha value is -2.35. The standard InChI is InChI=1S/C15H20N4O4/c20-13(10-11-14(21)17-4-3-16-11)18-5-7-19(8-6-18)15(22)12-2-1-9-23-12/h1-2,9,11,16H,3-8,10H2,(H,17,21)/t11-/m1/s1. The molecule has 3 heterocycles. The monoisotopic (exact) mass is 320 g/mol. The summed E-state index contributed by atoms with van der Waals surface area (Å²) in [7, 11) is 0. The van der Waals surface area contributed by atoms with E-state index in [1.807, 2.05) is 0 Å². The van der Waals surface area contributed by atoms with Gasteiger partial charge in [-0.05, 0) is 12.1 Å². The maximum atomic E-state index is 12.3. The molecule has 1 atom stereocenters. The van der Waals surface area contributed by atoms with Crippen LogP contribution < -0.4 is 10.6 Å². The molecule has 2 aliphatic heterocycles. The van der Waals surface area contributed by atoms with Crippen molar-refractivity contribution in [3.8, 4) is 0 Å². The quantitative estimate of drug-likeness (QED) is 0.748. The molecule has 0 radical (unpaired) electrons. The van der Waals surface area contributed by atoms with Gasteiger partial charge in [0.2, 0.25) is 11.8 Å². The van der Waals surface area contributed by atoms with Crippen LogP contribution in [0.4, 0.5) is 0 Å². The van der Waals surface area contributed by atoms with Gasteiger partial charge in [-0.3, -0.25) is 14.4 Å². The van der Waals surface area contributed by atoms with E-state index < -0.39 is 6.04 Å². The minimum absolute atomic E-state index is 0.0651. The van der Waals surface area contributed by atoms with Crippen LogP contribution in [-0.4, -0.2) is 72.8 Å². The molecule has 3 rings (SSSR count). The maximum Gasteiger partial charge on any atom is 0.289 e. The highest BCUT2D eigenvalue weighted by atomic mass is 16.3. The third-order valence-electron chi connectivity index (χ3n) is 4.16. The lowest BCUT2D eigenvalue weighted by atomic mass is 10.1. The zero-order valence-electron chi connectivity index (χ0n) is 12.8. The molecule has 124 valence electrons. The van der Waals surface area contributed by atoms with Crippen LogP contribution in [0.25, 0.3) is 0 Å². The Morgan fingerprint density at radius 3 is 2.57 bits per heavy atom. The van der Waals surface area contributed by atoms with Crippen molar-refractivity contribution in [1.82, 2.24) is 20.4 Å². The number of piperazine rings is 2. The summed E-state index contributed by atoms with van der Waals surface area (Å²) in [6.07, 6.45) is 1.62. The second-order valence-corrected chi connectivity index (χ2v) is 5.65. The lowest BCUT2D eigenvalue weighted by Crippen LogP contribution is -2.56. The molecule has 0 unspecified atom stereocenters. The lowest BCUT2D eigenvalue weighted by molar-refractivity contribution is -0.136. The summed E-state index contributed by atoms with van der Waals surface area (Å²) in [5.74, 6) is -0.0378. The van der Waals surface area contributed by atoms with E-state index in [1.54, 1.807) is 21.9 Å². The van der Waals surface area contributed by atoms with Gasteiger partial charge in [0.1, 0.15) is 0 Å². The molecule has 0 bridgehead atoms. The van der Waals surface area contributed by atoms with Gasteiger partial charge in [0, 0.05) is 39.3 Å². The van der Waals surface area contributed by atoms with Crippen LogP contribution in [-0.2, 0) is 9.59 Å². The van der Waals surface area contributed by atoms with Crippen LogP contribution in [0.5, 0.6) is 0 Å². The van der Waals surface area contributed by atoms with Crippen molar-refractivity contribution in [3.63, 3.8) is 0 Å². The van der Waals surface area contributed by atoms with Crippen LogP contribution in [0.2, 0.25) is 0 Å². The molecular formula is C15H20N4O4. The van der Waals surface area contributed by atoms with Crippen molar-refractivity contribution in [2.45, 2.75) is 12.5 Å². The molecule has 2 N–H and O–H groups in total. The van der Waals surface area contributed by atoms with Crippen molar-refractivity contribution < 1.29 is 18.8 Å². The van der Waals surface area contributed by atoms with Crippen molar-refractivity contribution >= 4 is 17.7 Å². The average Bonchev–Trinajstić information content (AvgIpc) is 3.11. The fourth-order valence-corrected chi connectivity index (χ4v) is 2.83. The van der Waals surface area contributed by atoms with Crippen molar-refractivity contribution in [1.29, 1.82) is 0 Å². The SMILES string of the molecule is O=C1NCCN[C@@H]1CC(=O)N1CCN(C(=O)c2ccco2)CC1. The van der Waals surface area contributed by atoms with Gasteiger partial charge >= 0.3 is 0 Å². The van der Waals surface area contributed by atoms with Gasteiger partial charge in [-0.1, -0.05) is 0 Å². The minimum Gasteiger partial charge on any atom is -0.459 e. The van der Waals surface area contributed by atoms with Crippen LogP contribution in [0.15, 0.2) is 22.8 Å². The third kappa shape index (κ3) is 3.53. The number of rotatable bonds is 3. The predicted octanol–water partition coefficient (Wildman–Crippen LogP) is -0.958. The summed E-state index contributed by atoms with van der Waals surface area (Å²) in [6, 6.07) is 2.85. The second kappa shape index (κ2) is 6.82. The molecule has 2 aliphatic rings.